The first-order valence-electron chi connectivity index (χ1n) is 7.58. The second-order valence-electron chi connectivity index (χ2n) is 5.79. The van der Waals surface area contributed by atoms with E-state index in [0.29, 0.717) is 12.1 Å². The highest BCUT2D eigenvalue weighted by molar-refractivity contribution is 7.88. The van der Waals surface area contributed by atoms with Crippen molar-refractivity contribution in [2.75, 3.05) is 6.61 Å². The van der Waals surface area contributed by atoms with Gasteiger partial charge in [0.25, 0.3) is 0 Å². The fraction of sp³-hybridized carbons (Fsp3) is 0.533. The number of carbonyl (C=O) groups is 1. The monoisotopic (exact) mass is 341 g/mol. The van der Waals surface area contributed by atoms with Crippen molar-refractivity contribution < 1.29 is 17.9 Å². The summed E-state index contributed by atoms with van der Waals surface area (Å²) in [5, 5.41) is 10.6. The molecule has 1 saturated heterocycles. The van der Waals surface area contributed by atoms with Crippen molar-refractivity contribution in [1.29, 1.82) is 0 Å². The van der Waals surface area contributed by atoms with Gasteiger partial charge >= 0.3 is 6.03 Å². The maximum Gasteiger partial charge on any atom is 0.315 e. The Labute approximate surface area is 136 Å². The van der Waals surface area contributed by atoms with Crippen LogP contribution in [0.5, 0.6) is 0 Å². The van der Waals surface area contributed by atoms with Gasteiger partial charge in [0.05, 0.1) is 17.9 Å². The molecule has 0 unspecified atom stereocenters. The Morgan fingerprint density at radius 2 is 2.00 bits per heavy atom. The van der Waals surface area contributed by atoms with E-state index in [0.717, 1.165) is 25.0 Å². The SMILES string of the molecule is C[C@@H](NC(=O)NCc1ccc(CS(N)(=O)=O)cc1)[C@H]1CCCO1. The predicted molar refractivity (Wildman–Crippen MR) is 87.1 cm³/mol. The molecular formula is C15H23N3O4S. The maximum atomic E-state index is 11.9. The Morgan fingerprint density at radius 1 is 1.35 bits per heavy atom. The molecule has 128 valence electrons. The van der Waals surface area contributed by atoms with E-state index in [1.165, 1.54) is 0 Å². The minimum Gasteiger partial charge on any atom is -0.376 e. The van der Waals surface area contributed by atoms with E-state index in [4.69, 9.17) is 9.88 Å². The predicted octanol–water partition coefficient (Wildman–Crippen LogP) is 0.842. The molecule has 1 aromatic carbocycles. The summed E-state index contributed by atoms with van der Waals surface area (Å²) in [7, 11) is -3.53. The number of primary sulfonamides is 1. The zero-order valence-electron chi connectivity index (χ0n) is 13.1. The van der Waals surface area contributed by atoms with Crippen molar-refractivity contribution in [1.82, 2.24) is 10.6 Å². The Morgan fingerprint density at radius 3 is 2.57 bits per heavy atom. The van der Waals surface area contributed by atoms with Crippen LogP contribution < -0.4 is 15.8 Å². The summed E-state index contributed by atoms with van der Waals surface area (Å²) in [6, 6.07) is 6.63. The average Bonchev–Trinajstić information content (AvgIpc) is 2.99. The fourth-order valence-electron chi connectivity index (χ4n) is 2.52. The van der Waals surface area contributed by atoms with Crippen LogP contribution in [0.3, 0.4) is 0 Å². The van der Waals surface area contributed by atoms with Gasteiger partial charge in [-0.15, -0.1) is 0 Å². The summed E-state index contributed by atoms with van der Waals surface area (Å²) < 4.78 is 27.6. The minimum absolute atomic E-state index is 0.0327. The molecular weight excluding hydrogens is 318 g/mol. The maximum absolute atomic E-state index is 11.9. The number of hydrogen-bond acceptors (Lipinski definition) is 4. The Bertz CT molecular complexity index is 625. The summed E-state index contributed by atoms with van der Waals surface area (Å²) in [4.78, 5) is 11.9. The zero-order chi connectivity index (χ0) is 16.9. The number of benzene rings is 1. The van der Waals surface area contributed by atoms with E-state index in [9.17, 15) is 13.2 Å². The molecule has 2 amide bonds. The lowest BCUT2D eigenvalue weighted by Crippen LogP contribution is -2.45. The van der Waals surface area contributed by atoms with Crippen LogP contribution in [0.2, 0.25) is 0 Å². The molecule has 1 heterocycles. The Balaban J connectivity index is 1.77. The van der Waals surface area contributed by atoms with Crippen LogP contribution in [0, 0.1) is 0 Å². The van der Waals surface area contributed by atoms with Crippen LogP contribution in [0.15, 0.2) is 24.3 Å². The molecule has 1 aliphatic heterocycles. The lowest BCUT2D eigenvalue weighted by molar-refractivity contribution is 0.0860. The first kappa shape index (κ1) is 17.7. The molecule has 23 heavy (non-hydrogen) atoms. The van der Waals surface area contributed by atoms with Crippen LogP contribution in [0.1, 0.15) is 30.9 Å². The van der Waals surface area contributed by atoms with E-state index in [-0.39, 0.29) is 23.9 Å². The summed E-state index contributed by atoms with van der Waals surface area (Å²) >= 11 is 0. The lowest BCUT2D eigenvalue weighted by Gasteiger charge is -2.20. The number of nitrogens with one attached hydrogen (secondary N) is 2. The van der Waals surface area contributed by atoms with E-state index >= 15 is 0 Å². The van der Waals surface area contributed by atoms with Gasteiger partial charge < -0.3 is 15.4 Å². The molecule has 0 spiro atoms. The third kappa shape index (κ3) is 6.17. The Kier molecular flexibility index (Phi) is 5.97. The largest absolute Gasteiger partial charge is 0.376 e. The third-order valence-electron chi connectivity index (χ3n) is 3.73. The van der Waals surface area contributed by atoms with Gasteiger partial charge in [-0.05, 0) is 30.9 Å². The molecule has 1 fully saturated rings. The van der Waals surface area contributed by atoms with Crippen LogP contribution in [0.4, 0.5) is 4.79 Å². The number of amides is 2. The van der Waals surface area contributed by atoms with Crippen LogP contribution in [-0.4, -0.2) is 33.2 Å². The quantitative estimate of drug-likeness (QED) is 0.712. The van der Waals surface area contributed by atoms with Crippen molar-refractivity contribution in [3.8, 4) is 0 Å². The topological polar surface area (TPSA) is 111 Å². The van der Waals surface area contributed by atoms with Crippen molar-refractivity contribution in [2.24, 2.45) is 5.14 Å². The van der Waals surface area contributed by atoms with E-state index in [1.807, 2.05) is 6.92 Å². The van der Waals surface area contributed by atoms with Crippen molar-refractivity contribution in [2.45, 2.75) is 44.2 Å². The van der Waals surface area contributed by atoms with Crippen LogP contribution >= 0.6 is 0 Å². The fourth-order valence-corrected chi connectivity index (χ4v) is 3.17. The first-order chi connectivity index (χ1) is 10.8. The van der Waals surface area contributed by atoms with Crippen LogP contribution in [-0.2, 0) is 27.1 Å². The van der Waals surface area contributed by atoms with E-state index in [1.54, 1.807) is 24.3 Å². The molecule has 0 saturated carbocycles. The highest BCUT2D eigenvalue weighted by Gasteiger charge is 2.23. The van der Waals surface area contributed by atoms with Crippen molar-refractivity contribution in [3.63, 3.8) is 0 Å². The smallest absolute Gasteiger partial charge is 0.315 e. The minimum atomic E-state index is -3.53. The van der Waals surface area contributed by atoms with Gasteiger partial charge in [-0.3, -0.25) is 0 Å². The lowest BCUT2D eigenvalue weighted by atomic mass is 10.1. The molecule has 0 aromatic heterocycles. The van der Waals surface area contributed by atoms with Gasteiger partial charge in [0.1, 0.15) is 0 Å². The Hall–Kier alpha value is -1.64. The van der Waals surface area contributed by atoms with E-state index < -0.39 is 10.0 Å². The normalized spacial score (nSPS) is 19.3. The van der Waals surface area contributed by atoms with Crippen molar-refractivity contribution in [3.05, 3.63) is 35.4 Å². The second kappa shape index (κ2) is 7.76. The van der Waals surface area contributed by atoms with Gasteiger partial charge in [0.2, 0.25) is 10.0 Å². The number of rotatable bonds is 6. The number of hydrogen-bond donors (Lipinski definition) is 3. The molecule has 0 radical (unpaired) electrons. The number of nitrogens with two attached hydrogens (primary N) is 1. The molecule has 7 nitrogen and oxygen atoms in total. The molecule has 2 rings (SSSR count). The molecule has 1 aromatic rings. The van der Waals surface area contributed by atoms with Gasteiger partial charge in [-0.1, -0.05) is 24.3 Å². The standard InChI is InChI=1S/C15H23N3O4S/c1-11(14-3-2-8-22-14)18-15(19)17-9-12-4-6-13(7-5-12)10-23(16,20)21/h4-7,11,14H,2-3,8-10H2,1H3,(H2,16,20,21)(H2,17,18,19)/t11-,14-/m1/s1. The van der Waals surface area contributed by atoms with Gasteiger partial charge in [-0.25, -0.2) is 18.4 Å². The number of ether oxygens (including phenoxy) is 1. The van der Waals surface area contributed by atoms with Gasteiger partial charge in [0.15, 0.2) is 0 Å². The summed E-state index contributed by atoms with van der Waals surface area (Å²) in [5.41, 5.74) is 1.50. The van der Waals surface area contributed by atoms with Crippen molar-refractivity contribution >= 4 is 16.1 Å². The molecule has 0 bridgehead atoms. The first-order valence-corrected chi connectivity index (χ1v) is 9.29. The molecule has 0 aliphatic carbocycles. The van der Waals surface area contributed by atoms with Gasteiger partial charge in [-0.2, -0.15) is 0 Å². The number of sulfonamides is 1. The summed E-state index contributed by atoms with van der Waals surface area (Å²) in [6.07, 6.45) is 2.08. The zero-order valence-corrected chi connectivity index (χ0v) is 13.9. The van der Waals surface area contributed by atoms with Gasteiger partial charge in [0, 0.05) is 13.2 Å². The molecule has 2 atom stereocenters. The highest BCUT2D eigenvalue weighted by atomic mass is 32.2. The number of urea groups is 1. The average molecular weight is 341 g/mol. The van der Waals surface area contributed by atoms with E-state index in [2.05, 4.69) is 10.6 Å². The second-order valence-corrected chi connectivity index (χ2v) is 7.41. The summed E-state index contributed by atoms with van der Waals surface area (Å²) in [6.45, 7) is 3.04. The third-order valence-corrected chi connectivity index (χ3v) is 4.46. The molecule has 8 heteroatoms. The van der Waals surface area contributed by atoms with Crippen LogP contribution in [0.25, 0.3) is 0 Å². The summed E-state index contributed by atoms with van der Waals surface area (Å²) in [5.74, 6) is -0.194. The number of carbonyl (C=O) groups excluding carboxylic acids is 1. The molecule has 1 aliphatic rings. The highest BCUT2D eigenvalue weighted by Crippen LogP contribution is 2.15. The molecule has 4 N–H and O–H groups in total.